The molecule has 118 valence electrons. The van der Waals surface area contributed by atoms with Gasteiger partial charge in [0.1, 0.15) is 11.4 Å². The minimum absolute atomic E-state index is 0.123. The lowest BCUT2D eigenvalue weighted by molar-refractivity contribution is -0.167. The lowest BCUT2D eigenvalue weighted by Crippen LogP contribution is -2.61. The summed E-state index contributed by atoms with van der Waals surface area (Å²) in [5.74, 6) is -0.329. The molecule has 1 amide bonds. The number of hydrogen-bond acceptors (Lipinski definition) is 4. The Morgan fingerprint density at radius 3 is 2.57 bits per heavy atom. The molecule has 2 rings (SSSR count). The summed E-state index contributed by atoms with van der Waals surface area (Å²) in [5, 5.41) is 2.77. The van der Waals surface area contributed by atoms with Crippen LogP contribution in [-0.4, -0.2) is 29.3 Å². The van der Waals surface area contributed by atoms with E-state index in [4.69, 9.17) is 9.47 Å². The number of ketones is 1. The average Bonchev–Trinajstić information content (AvgIpc) is 2.68. The summed E-state index contributed by atoms with van der Waals surface area (Å²) < 4.78 is 11.3. The fourth-order valence-corrected chi connectivity index (χ4v) is 3.15. The first-order valence-electron chi connectivity index (χ1n) is 7.64. The van der Waals surface area contributed by atoms with E-state index in [2.05, 4.69) is 5.32 Å². The molecule has 0 radical (unpaired) electrons. The number of hydrogen-bond donors (Lipinski definition) is 1. The monoisotopic (exact) mass is 295 g/mol. The van der Waals surface area contributed by atoms with Gasteiger partial charge in [0, 0.05) is 5.92 Å². The van der Waals surface area contributed by atoms with Crippen molar-refractivity contribution in [2.45, 2.75) is 64.9 Å². The van der Waals surface area contributed by atoms with E-state index in [0.717, 1.165) is 6.42 Å². The fraction of sp³-hybridized carbons (Fsp3) is 0.750. The van der Waals surface area contributed by atoms with Crippen LogP contribution in [0, 0.1) is 11.8 Å². The zero-order chi connectivity index (χ0) is 15.8. The van der Waals surface area contributed by atoms with Gasteiger partial charge in [-0.1, -0.05) is 19.9 Å². The summed E-state index contributed by atoms with van der Waals surface area (Å²) in [6.07, 6.45) is 4.24. The van der Waals surface area contributed by atoms with Gasteiger partial charge in [-0.25, -0.2) is 4.79 Å². The summed E-state index contributed by atoms with van der Waals surface area (Å²) in [6.45, 7) is 9.32. The summed E-state index contributed by atoms with van der Waals surface area (Å²) in [4.78, 5) is 24.7. The first kappa shape index (κ1) is 16.0. The van der Waals surface area contributed by atoms with Crippen LogP contribution in [0.25, 0.3) is 0 Å². The van der Waals surface area contributed by atoms with Gasteiger partial charge in [0.25, 0.3) is 0 Å². The average molecular weight is 295 g/mol. The molecule has 2 aliphatic rings. The largest absolute Gasteiger partial charge is 0.444 e. The van der Waals surface area contributed by atoms with Crippen LogP contribution in [0.1, 0.15) is 47.5 Å². The van der Waals surface area contributed by atoms with Crippen molar-refractivity contribution in [2.24, 2.45) is 11.8 Å². The Kier molecular flexibility index (Phi) is 4.15. The lowest BCUT2D eigenvalue weighted by Gasteiger charge is -2.42. The van der Waals surface area contributed by atoms with Crippen LogP contribution in [0.5, 0.6) is 0 Å². The molecule has 0 aromatic heterocycles. The normalized spacial score (nSPS) is 34.9. The number of rotatable bonds is 3. The molecule has 0 aliphatic carbocycles. The highest BCUT2D eigenvalue weighted by Gasteiger charge is 2.55. The van der Waals surface area contributed by atoms with Crippen LogP contribution in [0.3, 0.4) is 0 Å². The second-order valence-corrected chi connectivity index (χ2v) is 6.74. The van der Waals surface area contributed by atoms with Gasteiger partial charge in [-0.15, -0.1) is 0 Å². The van der Waals surface area contributed by atoms with E-state index >= 15 is 0 Å². The predicted octanol–water partition coefficient (Wildman–Crippen LogP) is 2.80. The van der Waals surface area contributed by atoms with E-state index in [0.29, 0.717) is 6.42 Å². The third kappa shape index (κ3) is 2.98. The molecule has 0 unspecified atom stereocenters. The molecule has 0 aromatic carbocycles. The third-order valence-corrected chi connectivity index (χ3v) is 4.03. The number of nitrogens with one attached hydrogen (secondary N) is 1. The first-order valence-corrected chi connectivity index (χ1v) is 7.64. The Morgan fingerprint density at radius 1 is 1.38 bits per heavy atom. The van der Waals surface area contributed by atoms with Gasteiger partial charge in [0.2, 0.25) is 0 Å². The Hall–Kier alpha value is -1.36. The molecule has 0 aromatic rings. The van der Waals surface area contributed by atoms with E-state index < -0.39 is 17.4 Å². The van der Waals surface area contributed by atoms with Crippen LogP contribution in [0.2, 0.25) is 0 Å². The van der Waals surface area contributed by atoms with Gasteiger partial charge in [0.05, 0.1) is 12.0 Å². The van der Waals surface area contributed by atoms with Gasteiger partial charge in [-0.2, -0.15) is 0 Å². The molecule has 1 N–H and O–H groups in total. The molecule has 0 saturated carbocycles. The van der Waals surface area contributed by atoms with Crippen molar-refractivity contribution in [3.8, 4) is 0 Å². The number of alkyl carbamates (subject to hydrolysis) is 1. The van der Waals surface area contributed by atoms with E-state index in [1.807, 2.05) is 26.0 Å². The van der Waals surface area contributed by atoms with E-state index in [1.165, 1.54) is 0 Å². The molecular formula is C16H25NO4. The number of ether oxygens (including phenoxy) is 2. The molecule has 2 aliphatic heterocycles. The number of amides is 1. The highest BCUT2D eigenvalue weighted by Crippen LogP contribution is 2.42. The molecule has 4 atom stereocenters. The van der Waals surface area contributed by atoms with Crippen LogP contribution >= 0.6 is 0 Å². The van der Waals surface area contributed by atoms with Gasteiger partial charge in [-0.05, 0) is 39.7 Å². The van der Waals surface area contributed by atoms with Crippen LogP contribution in [0.15, 0.2) is 12.2 Å². The summed E-state index contributed by atoms with van der Waals surface area (Å²) in [5.41, 5.74) is -1.64. The van der Waals surface area contributed by atoms with Crippen molar-refractivity contribution in [2.75, 3.05) is 0 Å². The molecule has 2 bridgehead atoms. The quantitative estimate of drug-likeness (QED) is 0.813. The second-order valence-electron chi connectivity index (χ2n) is 6.74. The smallest absolute Gasteiger partial charge is 0.410 e. The fourth-order valence-electron chi connectivity index (χ4n) is 3.15. The van der Waals surface area contributed by atoms with Crippen LogP contribution < -0.4 is 5.32 Å². The maximum atomic E-state index is 12.6. The molecule has 21 heavy (non-hydrogen) atoms. The molecular weight excluding hydrogens is 270 g/mol. The van der Waals surface area contributed by atoms with Crippen LogP contribution in [0.4, 0.5) is 4.79 Å². The second kappa shape index (κ2) is 5.44. The van der Waals surface area contributed by atoms with Crippen molar-refractivity contribution < 1.29 is 19.1 Å². The van der Waals surface area contributed by atoms with Crippen molar-refractivity contribution in [3.63, 3.8) is 0 Å². The van der Waals surface area contributed by atoms with Gasteiger partial charge in [0.15, 0.2) is 5.72 Å². The maximum Gasteiger partial charge on any atom is 0.410 e. The van der Waals surface area contributed by atoms with E-state index in [-0.39, 0.29) is 23.7 Å². The van der Waals surface area contributed by atoms with E-state index in [1.54, 1.807) is 20.8 Å². The zero-order valence-corrected chi connectivity index (χ0v) is 13.4. The molecule has 1 saturated heterocycles. The Bertz CT molecular complexity index is 465. The van der Waals surface area contributed by atoms with Crippen molar-refractivity contribution in [1.29, 1.82) is 0 Å². The standard InChI is InChI=1S/C16H25NO4/c1-6-10-12-8-9-16(20-12,11(7-2)13(10)18)17-14(19)21-15(3,4)5/h8-12H,6-7H2,1-5H3,(H,17,19)/t10-,11-,12-,16+/m1/s1. The summed E-state index contributed by atoms with van der Waals surface area (Å²) in [7, 11) is 0. The summed E-state index contributed by atoms with van der Waals surface area (Å²) in [6, 6.07) is 0. The van der Waals surface area contributed by atoms with Crippen LogP contribution in [-0.2, 0) is 14.3 Å². The first-order chi connectivity index (χ1) is 9.72. The highest BCUT2D eigenvalue weighted by atomic mass is 16.6. The van der Waals surface area contributed by atoms with Gasteiger partial charge in [-0.3, -0.25) is 10.1 Å². The molecule has 2 heterocycles. The van der Waals surface area contributed by atoms with Crippen molar-refractivity contribution >= 4 is 11.9 Å². The lowest BCUT2D eigenvalue weighted by atomic mass is 9.79. The number of carbonyl (C=O) groups excluding carboxylic acids is 2. The van der Waals surface area contributed by atoms with Crippen molar-refractivity contribution in [1.82, 2.24) is 5.32 Å². The van der Waals surface area contributed by atoms with E-state index in [9.17, 15) is 9.59 Å². The van der Waals surface area contributed by atoms with Gasteiger partial charge < -0.3 is 9.47 Å². The predicted molar refractivity (Wildman–Crippen MR) is 78.7 cm³/mol. The molecule has 5 nitrogen and oxygen atoms in total. The molecule has 0 spiro atoms. The Labute approximate surface area is 126 Å². The maximum absolute atomic E-state index is 12.6. The number of fused-ring (bicyclic) bond motifs is 2. The minimum Gasteiger partial charge on any atom is -0.444 e. The van der Waals surface area contributed by atoms with Gasteiger partial charge >= 0.3 is 6.09 Å². The summed E-state index contributed by atoms with van der Waals surface area (Å²) >= 11 is 0. The Balaban J connectivity index is 2.20. The zero-order valence-electron chi connectivity index (χ0n) is 13.4. The number of Topliss-reactive ketones (excluding diaryl/α,β-unsaturated/α-hetero) is 1. The third-order valence-electron chi connectivity index (χ3n) is 4.03. The number of carbonyl (C=O) groups is 2. The highest BCUT2D eigenvalue weighted by molar-refractivity contribution is 5.88. The minimum atomic E-state index is -1.05. The SMILES string of the molecule is CC[C@@H]1C(=O)[C@H](CC)[C@H]2C=C[C@]1(NC(=O)OC(C)(C)C)O2. The van der Waals surface area contributed by atoms with Crippen molar-refractivity contribution in [3.05, 3.63) is 12.2 Å². The molecule has 1 fully saturated rings. The molecule has 5 heteroatoms. The topological polar surface area (TPSA) is 64.6 Å². The Morgan fingerprint density at radius 2 is 2.05 bits per heavy atom.